The summed E-state index contributed by atoms with van der Waals surface area (Å²) >= 11 is 0. The Bertz CT molecular complexity index is 467. The van der Waals surface area contributed by atoms with Crippen LogP contribution in [0.1, 0.15) is 43.0 Å². The quantitative estimate of drug-likeness (QED) is 0.812. The first kappa shape index (κ1) is 14.9. The van der Waals surface area contributed by atoms with Crippen LogP contribution < -0.4 is 4.74 Å². The first-order chi connectivity index (χ1) is 9.67. The number of methoxy groups -OCH3 is 1. The lowest BCUT2D eigenvalue weighted by molar-refractivity contribution is 0.0837. The molecule has 0 unspecified atom stereocenters. The number of Topliss-reactive ketones (excluding diaryl/α,β-unsaturated/α-hetero) is 1. The number of phenolic OH excluding ortho intramolecular Hbond substituents is 1. The van der Waals surface area contributed by atoms with Crippen molar-refractivity contribution in [3.05, 3.63) is 23.8 Å². The molecule has 1 heterocycles. The SMILES string of the molecule is CCC[C@@H](C(=O)c1ccc(O)c(OC)c1)N1CCCC1. The number of carbonyl (C=O) groups is 1. The molecule has 0 saturated carbocycles. The maximum absolute atomic E-state index is 12.7. The Kier molecular flexibility index (Phi) is 5.01. The molecule has 1 N–H and O–H groups in total. The number of nitrogens with zero attached hydrogens (tertiary/aromatic N) is 1. The zero-order chi connectivity index (χ0) is 14.5. The van der Waals surface area contributed by atoms with Gasteiger partial charge in [-0.2, -0.15) is 0 Å². The average Bonchev–Trinajstić information content (AvgIpc) is 2.98. The summed E-state index contributed by atoms with van der Waals surface area (Å²) in [5, 5.41) is 9.62. The van der Waals surface area contributed by atoms with Crippen molar-refractivity contribution in [3.63, 3.8) is 0 Å². The Morgan fingerprint density at radius 3 is 2.70 bits per heavy atom. The van der Waals surface area contributed by atoms with Crippen molar-refractivity contribution in [2.24, 2.45) is 0 Å². The van der Waals surface area contributed by atoms with Crippen molar-refractivity contribution < 1.29 is 14.6 Å². The van der Waals surface area contributed by atoms with Crippen molar-refractivity contribution in [2.75, 3.05) is 20.2 Å². The normalized spacial score (nSPS) is 17.1. The molecule has 4 nitrogen and oxygen atoms in total. The number of aromatic hydroxyl groups is 1. The summed E-state index contributed by atoms with van der Waals surface area (Å²) in [5.41, 5.74) is 0.616. The lowest BCUT2D eigenvalue weighted by atomic mass is 9.99. The summed E-state index contributed by atoms with van der Waals surface area (Å²) in [6.07, 6.45) is 4.21. The molecule has 4 heteroatoms. The van der Waals surface area contributed by atoms with Gasteiger partial charge in [0, 0.05) is 5.56 Å². The first-order valence-corrected chi connectivity index (χ1v) is 7.32. The van der Waals surface area contributed by atoms with Crippen molar-refractivity contribution >= 4 is 5.78 Å². The monoisotopic (exact) mass is 277 g/mol. The molecular formula is C16H23NO3. The second-order valence-corrected chi connectivity index (χ2v) is 5.30. The van der Waals surface area contributed by atoms with Gasteiger partial charge >= 0.3 is 0 Å². The van der Waals surface area contributed by atoms with Gasteiger partial charge < -0.3 is 9.84 Å². The van der Waals surface area contributed by atoms with Crippen LogP contribution in [-0.2, 0) is 0 Å². The number of phenols is 1. The van der Waals surface area contributed by atoms with Crippen LogP contribution in [0.2, 0.25) is 0 Å². The third kappa shape index (κ3) is 3.12. The van der Waals surface area contributed by atoms with Gasteiger partial charge in [0.2, 0.25) is 0 Å². The molecule has 1 saturated heterocycles. The smallest absolute Gasteiger partial charge is 0.180 e. The van der Waals surface area contributed by atoms with Crippen LogP contribution in [-0.4, -0.2) is 42.0 Å². The van der Waals surface area contributed by atoms with E-state index in [0.717, 1.165) is 25.9 Å². The summed E-state index contributed by atoms with van der Waals surface area (Å²) < 4.78 is 5.09. The molecule has 0 aromatic heterocycles. The molecule has 1 aliphatic rings. The van der Waals surface area contributed by atoms with E-state index >= 15 is 0 Å². The van der Waals surface area contributed by atoms with Gasteiger partial charge in [-0.05, 0) is 50.6 Å². The van der Waals surface area contributed by atoms with Crippen molar-refractivity contribution in [1.29, 1.82) is 0 Å². The molecule has 2 rings (SSSR count). The van der Waals surface area contributed by atoms with Gasteiger partial charge in [-0.3, -0.25) is 9.69 Å². The molecule has 1 fully saturated rings. The van der Waals surface area contributed by atoms with Gasteiger partial charge in [-0.1, -0.05) is 13.3 Å². The molecule has 0 radical (unpaired) electrons. The number of benzene rings is 1. The minimum absolute atomic E-state index is 0.0447. The van der Waals surface area contributed by atoms with Gasteiger partial charge in [0.25, 0.3) is 0 Å². The number of ether oxygens (including phenoxy) is 1. The predicted molar refractivity (Wildman–Crippen MR) is 78.5 cm³/mol. The molecular weight excluding hydrogens is 254 g/mol. The van der Waals surface area contributed by atoms with Crippen LogP contribution in [0.15, 0.2) is 18.2 Å². The number of hydrogen-bond donors (Lipinski definition) is 1. The molecule has 0 bridgehead atoms. The van der Waals surface area contributed by atoms with E-state index in [0.29, 0.717) is 11.3 Å². The molecule has 110 valence electrons. The van der Waals surface area contributed by atoms with E-state index in [-0.39, 0.29) is 17.6 Å². The number of likely N-dealkylation sites (tertiary alicyclic amines) is 1. The zero-order valence-electron chi connectivity index (χ0n) is 12.3. The molecule has 0 amide bonds. The van der Waals surface area contributed by atoms with Crippen LogP contribution in [0.3, 0.4) is 0 Å². The maximum Gasteiger partial charge on any atom is 0.180 e. The van der Waals surface area contributed by atoms with Crippen LogP contribution in [0.4, 0.5) is 0 Å². The third-order valence-corrected chi connectivity index (χ3v) is 3.91. The molecule has 1 aromatic rings. The van der Waals surface area contributed by atoms with E-state index in [1.807, 2.05) is 0 Å². The molecule has 0 spiro atoms. The molecule has 1 aliphatic heterocycles. The van der Waals surface area contributed by atoms with Crippen LogP contribution in [0, 0.1) is 0 Å². The summed E-state index contributed by atoms with van der Waals surface area (Å²) in [6, 6.07) is 4.80. The van der Waals surface area contributed by atoms with E-state index in [9.17, 15) is 9.90 Å². The van der Waals surface area contributed by atoms with Crippen molar-refractivity contribution in [1.82, 2.24) is 4.90 Å². The van der Waals surface area contributed by atoms with Gasteiger partial charge in [-0.15, -0.1) is 0 Å². The molecule has 1 aromatic carbocycles. The second-order valence-electron chi connectivity index (χ2n) is 5.30. The number of ketones is 1. The fourth-order valence-corrected chi connectivity index (χ4v) is 2.83. The van der Waals surface area contributed by atoms with E-state index in [2.05, 4.69) is 11.8 Å². The van der Waals surface area contributed by atoms with Crippen LogP contribution in [0.5, 0.6) is 11.5 Å². The Hall–Kier alpha value is -1.55. The Labute approximate surface area is 120 Å². The van der Waals surface area contributed by atoms with Crippen LogP contribution >= 0.6 is 0 Å². The Balaban J connectivity index is 2.22. The summed E-state index contributed by atoms with van der Waals surface area (Å²) in [4.78, 5) is 15.0. The molecule has 1 atom stereocenters. The number of carbonyl (C=O) groups excluding carboxylic acids is 1. The molecule has 0 aliphatic carbocycles. The van der Waals surface area contributed by atoms with Crippen molar-refractivity contribution in [2.45, 2.75) is 38.6 Å². The highest BCUT2D eigenvalue weighted by atomic mass is 16.5. The zero-order valence-corrected chi connectivity index (χ0v) is 12.3. The lowest BCUT2D eigenvalue weighted by Gasteiger charge is -2.26. The summed E-state index contributed by atoms with van der Waals surface area (Å²) in [6.45, 7) is 4.12. The fourth-order valence-electron chi connectivity index (χ4n) is 2.83. The lowest BCUT2D eigenvalue weighted by Crippen LogP contribution is -2.39. The van der Waals surface area contributed by atoms with Gasteiger partial charge in [-0.25, -0.2) is 0 Å². The van der Waals surface area contributed by atoms with Gasteiger partial charge in [0.05, 0.1) is 13.2 Å². The average molecular weight is 277 g/mol. The maximum atomic E-state index is 12.7. The molecule has 20 heavy (non-hydrogen) atoms. The van der Waals surface area contributed by atoms with E-state index in [1.54, 1.807) is 12.1 Å². The summed E-state index contributed by atoms with van der Waals surface area (Å²) in [5.74, 6) is 0.553. The van der Waals surface area contributed by atoms with Gasteiger partial charge in [0.15, 0.2) is 17.3 Å². The highest BCUT2D eigenvalue weighted by Gasteiger charge is 2.28. The number of hydrogen-bond acceptors (Lipinski definition) is 4. The van der Waals surface area contributed by atoms with E-state index < -0.39 is 0 Å². The minimum atomic E-state index is -0.0447. The standard InChI is InChI=1S/C16H23NO3/c1-3-6-13(17-9-4-5-10-17)16(19)12-7-8-14(18)15(11-12)20-2/h7-8,11,13,18H,3-6,9-10H2,1-2H3/t13-/m0/s1. The van der Waals surface area contributed by atoms with E-state index in [1.165, 1.54) is 26.0 Å². The van der Waals surface area contributed by atoms with E-state index in [4.69, 9.17) is 4.74 Å². The third-order valence-electron chi connectivity index (χ3n) is 3.91. The highest BCUT2D eigenvalue weighted by molar-refractivity contribution is 6.00. The summed E-state index contributed by atoms with van der Waals surface area (Å²) in [7, 11) is 1.49. The number of rotatable bonds is 6. The van der Waals surface area contributed by atoms with Gasteiger partial charge in [0.1, 0.15) is 0 Å². The van der Waals surface area contributed by atoms with Crippen molar-refractivity contribution in [3.8, 4) is 11.5 Å². The first-order valence-electron chi connectivity index (χ1n) is 7.32. The Morgan fingerprint density at radius 1 is 1.40 bits per heavy atom. The highest BCUT2D eigenvalue weighted by Crippen LogP contribution is 2.28. The fraction of sp³-hybridized carbons (Fsp3) is 0.562. The largest absolute Gasteiger partial charge is 0.504 e. The minimum Gasteiger partial charge on any atom is -0.504 e. The topological polar surface area (TPSA) is 49.8 Å². The predicted octanol–water partition coefficient (Wildman–Crippen LogP) is 2.85. The van der Waals surface area contributed by atoms with Crippen LogP contribution in [0.25, 0.3) is 0 Å². The Morgan fingerprint density at radius 2 is 2.10 bits per heavy atom. The second kappa shape index (κ2) is 6.75.